The highest BCUT2D eigenvalue weighted by atomic mass is 15.3. The minimum absolute atomic E-state index is 1.02. The lowest BCUT2D eigenvalue weighted by molar-refractivity contribution is 0.884. The Labute approximate surface area is 174 Å². The van der Waals surface area contributed by atoms with E-state index < -0.39 is 0 Å². The maximum absolute atomic E-state index is 4.93. The molecule has 6 rings (SSSR count). The molecule has 2 heterocycles. The molecular formula is C26H20N4. The van der Waals surface area contributed by atoms with Gasteiger partial charge in [-0.2, -0.15) is 10.2 Å². The molecular weight excluding hydrogens is 368 g/mol. The van der Waals surface area contributed by atoms with Crippen LogP contribution in [0.4, 0.5) is 0 Å². The van der Waals surface area contributed by atoms with Gasteiger partial charge in [0.15, 0.2) is 0 Å². The molecule has 4 nitrogen and oxygen atoms in total. The zero-order chi connectivity index (χ0) is 20.2. The molecule has 0 spiro atoms. The fraction of sp³-hybridized carbons (Fsp3) is 0.0769. The maximum Gasteiger partial charge on any atom is 0.0766 e. The van der Waals surface area contributed by atoms with Crippen molar-refractivity contribution in [2.24, 2.45) is 0 Å². The Bertz CT molecular complexity index is 1550. The number of hydrogen-bond acceptors (Lipinski definition) is 2. The normalized spacial score (nSPS) is 11.7. The summed E-state index contributed by atoms with van der Waals surface area (Å²) in [5.74, 6) is 0. The third-order valence-corrected chi connectivity index (χ3v) is 5.85. The molecule has 0 amide bonds. The van der Waals surface area contributed by atoms with Crippen LogP contribution < -0.4 is 0 Å². The number of aryl methyl sites for hydroxylation is 2. The quantitative estimate of drug-likeness (QED) is 0.357. The average molecular weight is 388 g/mol. The Hall–Kier alpha value is -3.92. The molecule has 144 valence electrons. The number of aromatic nitrogens is 4. The molecule has 0 aliphatic rings. The number of hydrogen-bond donors (Lipinski definition) is 0. The van der Waals surface area contributed by atoms with E-state index in [1.807, 2.05) is 22.9 Å². The molecule has 0 atom stereocenters. The Balaban J connectivity index is 1.70. The van der Waals surface area contributed by atoms with E-state index >= 15 is 0 Å². The Morgan fingerprint density at radius 1 is 0.567 bits per heavy atom. The van der Waals surface area contributed by atoms with Gasteiger partial charge in [0.05, 0.1) is 33.8 Å². The highest BCUT2D eigenvalue weighted by molar-refractivity contribution is 6.00. The van der Waals surface area contributed by atoms with Crippen LogP contribution in [0.1, 0.15) is 11.4 Å². The molecule has 0 aliphatic carbocycles. The summed E-state index contributed by atoms with van der Waals surface area (Å²) in [5.41, 5.74) is 6.37. The van der Waals surface area contributed by atoms with Crippen LogP contribution in [0.3, 0.4) is 0 Å². The smallest absolute Gasteiger partial charge is 0.0766 e. The standard InChI is InChI=1S/C26H20N4/c1-17-22-15-23-18(2)28-30(24-14-8-10-19-9-6-7-13-21(19)24)26(23)16-25(22)29(27-17)20-11-4-3-5-12-20/h3-16H,1-2H3. The maximum atomic E-state index is 4.93. The minimum atomic E-state index is 1.02. The second-order valence-corrected chi connectivity index (χ2v) is 7.71. The van der Waals surface area contributed by atoms with Crippen molar-refractivity contribution in [1.29, 1.82) is 0 Å². The average Bonchev–Trinajstić information content (AvgIpc) is 3.29. The SMILES string of the molecule is Cc1nn(-c2ccccc2)c2cc3c(cc12)c(C)nn3-c1cccc2ccccc12. The van der Waals surface area contributed by atoms with Gasteiger partial charge in [0.1, 0.15) is 0 Å². The molecule has 0 fully saturated rings. The van der Waals surface area contributed by atoms with Crippen LogP contribution >= 0.6 is 0 Å². The van der Waals surface area contributed by atoms with Gasteiger partial charge in [-0.1, -0.05) is 54.6 Å². The molecule has 0 N–H and O–H groups in total. The lowest BCUT2D eigenvalue weighted by Crippen LogP contribution is -1.99. The Kier molecular flexibility index (Phi) is 3.56. The predicted molar refractivity (Wildman–Crippen MR) is 123 cm³/mol. The lowest BCUT2D eigenvalue weighted by atomic mass is 10.1. The molecule has 0 aliphatic heterocycles. The molecule has 0 saturated heterocycles. The van der Waals surface area contributed by atoms with Crippen molar-refractivity contribution < 1.29 is 0 Å². The third-order valence-electron chi connectivity index (χ3n) is 5.85. The van der Waals surface area contributed by atoms with E-state index in [-0.39, 0.29) is 0 Å². The molecule has 2 aromatic heterocycles. The summed E-state index contributed by atoms with van der Waals surface area (Å²) in [4.78, 5) is 0. The molecule has 0 unspecified atom stereocenters. The molecule has 0 saturated carbocycles. The number of rotatable bonds is 2. The van der Waals surface area contributed by atoms with Gasteiger partial charge in [-0.3, -0.25) is 0 Å². The van der Waals surface area contributed by atoms with Crippen molar-refractivity contribution in [3.8, 4) is 11.4 Å². The minimum Gasteiger partial charge on any atom is -0.233 e. The molecule has 30 heavy (non-hydrogen) atoms. The van der Waals surface area contributed by atoms with Crippen molar-refractivity contribution >= 4 is 32.6 Å². The second kappa shape index (κ2) is 6.29. The first-order valence-electron chi connectivity index (χ1n) is 10.1. The van der Waals surface area contributed by atoms with Crippen molar-refractivity contribution in [3.05, 3.63) is 96.3 Å². The summed E-state index contributed by atoms with van der Waals surface area (Å²) in [5, 5.41) is 14.5. The Morgan fingerprint density at radius 2 is 1.20 bits per heavy atom. The number of para-hydroxylation sites is 1. The van der Waals surface area contributed by atoms with E-state index in [0.717, 1.165) is 44.6 Å². The summed E-state index contributed by atoms with van der Waals surface area (Å²) in [6.45, 7) is 4.14. The summed E-state index contributed by atoms with van der Waals surface area (Å²) in [6, 6.07) is 29.6. The zero-order valence-corrected chi connectivity index (χ0v) is 16.9. The van der Waals surface area contributed by atoms with Crippen LogP contribution in [0.25, 0.3) is 44.0 Å². The lowest BCUT2D eigenvalue weighted by Gasteiger charge is -2.09. The number of nitrogens with zero attached hydrogens (tertiary/aromatic N) is 4. The highest BCUT2D eigenvalue weighted by Gasteiger charge is 2.16. The molecule has 4 aromatic carbocycles. The van der Waals surface area contributed by atoms with Gasteiger partial charge in [-0.25, -0.2) is 9.36 Å². The number of fused-ring (bicyclic) bond motifs is 3. The van der Waals surface area contributed by atoms with Gasteiger partial charge in [0.25, 0.3) is 0 Å². The monoisotopic (exact) mass is 388 g/mol. The van der Waals surface area contributed by atoms with Crippen molar-refractivity contribution in [2.45, 2.75) is 13.8 Å². The van der Waals surface area contributed by atoms with E-state index in [0.29, 0.717) is 0 Å². The molecule has 0 radical (unpaired) electrons. The van der Waals surface area contributed by atoms with Gasteiger partial charge < -0.3 is 0 Å². The van der Waals surface area contributed by atoms with Gasteiger partial charge in [-0.05, 0) is 49.6 Å². The fourth-order valence-electron chi connectivity index (χ4n) is 4.37. The molecule has 6 aromatic rings. The molecule has 0 bridgehead atoms. The van der Waals surface area contributed by atoms with E-state index in [4.69, 9.17) is 10.2 Å². The third kappa shape index (κ3) is 2.40. The van der Waals surface area contributed by atoms with Crippen LogP contribution in [-0.4, -0.2) is 19.6 Å². The van der Waals surface area contributed by atoms with Gasteiger partial charge in [-0.15, -0.1) is 0 Å². The first-order chi connectivity index (χ1) is 14.7. The zero-order valence-electron chi connectivity index (χ0n) is 16.9. The van der Waals surface area contributed by atoms with Gasteiger partial charge in [0, 0.05) is 16.2 Å². The van der Waals surface area contributed by atoms with Crippen LogP contribution in [0.5, 0.6) is 0 Å². The van der Waals surface area contributed by atoms with Crippen LogP contribution in [-0.2, 0) is 0 Å². The topological polar surface area (TPSA) is 35.6 Å². The molecule has 4 heteroatoms. The summed E-state index contributed by atoms with van der Waals surface area (Å²) in [7, 11) is 0. The van der Waals surface area contributed by atoms with E-state index in [1.54, 1.807) is 0 Å². The van der Waals surface area contributed by atoms with Gasteiger partial charge in [0.2, 0.25) is 0 Å². The Morgan fingerprint density at radius 3 is 2.00 bits per heavy atom. The van der Waals surface area contributed by atoms with Crippen molar-refractivity contribution in [3.63, 3.8) is 0 Å². The van der Waals surface area contributed by atoms with E-state index in [1.165, 1.54) is 10.8 Å². The van der Waals surface area contributed by atoms with Crippen LogP contribution in [0.15, 0.2) is 84.9 Å². The summed E-state index contributed by atoms with van der Waals surface area (Å²) in [6.07, 6.45) is 0. The second-order valence-electron chi connectivity index (χ2n) is 7.71. The largest absolute Gasteiger partial charge is 0.233 e. The first-order valence-corrected chi connectivity index (χ1v) is 10.1. The van der Waals surface area contributed by atoms with E-state index in [2.05, 4.69) is 85.3 Å². The van der Waals surface area contributed by atoms with Crippen LogP contribution in [0.2, 0.25) is 0 Å². The summed E-state index contributed by atoms with van der Waals surface area (Å²) >= 11 is 0. The first kappa shape index (κ1) is 17.0. The van der Waals surface area contributed by atoms with Crippen LogP contribution in [0, 0.1) is 13.8 Å². The number of benzene rings is 4. The fourth-order valence-corrected chi connectivity index (χ4v) is 4.37. The van der Waals surface area contributed by atoms with Gasteiger partial charge >= 0.3 is 0 Å². The summed E-state index contributed by atoms with van der Waals surface area (Å²) < 4.78 is 4.10. The van der Waals surface area contributed by atoms with Crippen molar-refractivity contribution in [2.75, 3.05) is 0 Å². The highest BCUT2D eigenvalue weighted by Crippen LogP contribution is 2.32. The van der Waals surface area contributed by atoms with E-state index in [9.17, 15) is 0 Å². The van der Waals surface area contributed by atoms with Crippen molar-refractivity contribution in [1.82, 2.24) is 19.6 Å². The predicted octanol–water partition coefficient (Wildman–Crippen LogP) is 6.13.